The number of aromatic nitrogens is 24. The van der Waals surface area contributed by atoms with Gasteiger partial charge >= 0.3 is 12.5 Å². The number of amides is 8. The van der Waals surface area contributed by atoms with Gasteiger partial charge in [-0.15, -0.1) is 13.2 Å². The van der Waals surface area contributed by atoms with E-state index in [4.69, 9.17) is 27.9 Å². The Morgan fingerprint density at radius 3 is 0.971 bits per heavy atom. The van der Waals surface area contributed by atoms with Gasteiger partial charge in [-0.3, -0.25) is 79.1 Å². The van der Waals surface area contributed by atoms with Crippen LogP contribution in [0.25, 0.3) is 0 Å². The number of hydrogen-bond donors (Lipinski definition) is 16. The van der Waals surface area contributed by atoms with E-state index in [0.717, 1.165) is 90.0 Å². The van der Waals surface area contributed by atoms with Crippen molar-refractivity contribution < 1.29 is 74.2 Å². The van der Waals surface area contributed by atoms with E-state index in [0.29, 0.717) is 28.8 Å². The Balaban J connectivity index is 0.000000176. The van der Waals surface area contributed by atoms with Crippen molar-refractivity contribution >= 4 is 93.2 Å². The van der Waals surface area contributed by atoms with E-state index in [1.165, 1.54) is 61.2 Å². The fourth-order valence-corrected chi connectivity index (χ4v) is 11.4. The summed E-state index contributed by atoms with van der Waals surface area (Å²) < 4.78 is 81.8. The summed E-state index contributed by atoms with van der Waals surface area (Å²) in [4.78, 5) is 122. The third-order valence-electron chi connectivity index (χ3n) is 17.7. The first-order valence-electron chi connectivity index (χ1n) is 40.3. The first kappa shape index (κ1) is 103. The topological polar surface area (TPSA) is 584 Å². The highest BCUT2D eigenvalue weighted by molar-refractivity contribution is 6.35. The highest BCUT2D eigenvalue weighted by Gasteiger charge is 2.32. The third-order valence-corrected chi connectivity index (χ3v) is 18.1. The largest absolute Gasteiger partial charge is 0.573 e. The maximum Gasteiger partial charge on any atom is 0.573 e. The Kier molecular flexibility index (Phi) is 39.5. The average molecular weight is 1920 g/mol. The number of ether oxygens (including phenoxy) is 2. The molecule has 8 amide bonds. The van der Waals surface area contributed by atoms with E-state index >= 15 is 0 Å². The monoisotopic (exact) mass is 1920 g/mol. The summed E-state index contributed by atoms with van der Waals surface area (Å²) in [6.45, 7) is 11.4. The molecule has 0 aliphatic carbocycles. The number of carbonyl (C=O) groups excluding carboxylic acids is 8. The lowest BCUT2D eigenvalue weighted by Crippen LogP contribution is -2.27. The lowest BCUT2D eigenvalue weighted by Gasteiger charge is -2.19. The normalized spacial score (nSPS) is 11.0. The molecule has 16 aromatic rings. The number of hydrogen-bond acceptors (Lipinski definition) is 26. The number of alkyl halides is 6. The number of nitrogens with zero attached hydrogens (tertiary/aromatic N) is 16. The third kappa shape index (κ3) is 36.6. The molecule has 0 saturated heterocycles. The first-order chi connectivity index (χ1) is 65.7. The summed E-state index contributed by atoms with van der Waals surface area (Å²) in [5, 5.41) is 70.5. The first-order valence-corrected chi connectivity index (χ1v) is 41.1. The van der Waals surface area contributed by atoms with Crippen LogP contribution in [-0.2, 0) is 24.4 Å². The van der Waals surface area contributed by atoms with Gasteiger partial charge in [0, 0.05) is 52.0 Å². The molecule has 710 valence electrons. The molecule has 16 N–H and O–H groups in total. The zero-order valence-corrected chi connectivity index (χ0v) is 74.5. The van der Waals surface area contributed by atoms with Crippen molar-refractivity contribution in [2.75, 3.05) is 41.5 Å². The van der Waals surface area contributed by atoms with Crippen LogP contribution in [0, 0.1) is 0 Å². The Labute approximate surface area is 783 Å². The number of halogens is 8. The van der Waals surface area contributed by atoms with E-state index in [1.54, 1.807) is 25.3 Å². The van der Waals surface area contributed by atoms with Crippen LogP contribution in [0.15, 0.2) is 257 Å². The number of aromatic amines is 8. The summed E-state index contributed by atoms with van der Waals surface area (Å²) in [5.41, 5.74) is 6.60. The van der Waals surface area contributed by atoms with Crippen LogP contribution in [0.1, 0.15) is 165 Å². The highest BCUT2D eigenvalue weighted by Crippen LogP contribution is 2.31. The molecule has 137 heavy (non-hydrogen) atoms. The molecule has 50 heteroatoms. The van der Waals surface area contributed by atoms with Crippen molar-refractivity contribution in [1.29, 1.82) is 0 Å². The number of carbonyl (C=O) groups is 8. The molecule has 0 fully saturated rings. The number of H-pyrrole nitrogens is 8. The number of rotatable bonds is 24. The van der Waals surface area contributed by atoms with Crippen LogP contribution in [-0.4, -0.2) is 195 Å². The van der Waals surface area contributed by atoms with Crippen molar-refractivity contribution in [2.24, 2.45) is 0 Å². The lowest BCUT2D eigenvalue weighted by molar-refractivity contribution is -0.274. The van der Waals surface area contributed by atoms with E-state index in [1.807, 2.05) is 153 Å². The summed E-state index contributed by atoms with van der Waals surface area (Å²) in [7, 11) is 1.63. The van der Waals surface area contributed by atoms with Crippen molar-refractivity contribution in [1.82, 2.24) is 143 Å². The van der Waals surface area contributed by atoms with Crippen LogP contribution < -0.4 is 52.0 Å². The molecule has 0 unspecified atom stereocenters. The van der Waals surface area contributed by atoms with Crippen LogP contribution in [0.2, 0.25) is 10.0 Å². The molecule has 2 atom stereocenters. The molecule has 8 heterocycles. The quantitative estimate of drug-likeness (QED) is 0.0250. The second-order valence-electron chi connectivity index (χ2n) is 28.7. The summed E-state index contributed by atoms with van der Waals surface area (Å²) in [6.07, 6.45) is 2.46. The molecule has 8 aromatic carbocycles. The Bertz CT molecular complexity index is 6080. The van der Waals surface area contributed by atoms with Gasteiger partial charge in [0.15, 0.2) is 0 Å². The average Bonchev–Trinajstić information content (AvgIpc) is 1.70. The molecule has 8 aromatic heterocycles. The van der Waals surface area contributed by atoms with Gasteiger partial charge in [-0.1, -0.05) is 165 Å². The van der Waals surface area contributed by atoms with E-state index in [-0.39, 0.29) is 105 Å². The van der Waals surface area contributed by atoms with Crippen LogP contribution in [0.5, 0.6) is 11.5 Å². The highest BCUT2D eigenvalue weighted by atomic mass is 35.5. The second kappa shape index (κ2) is 52.4. The van der Waals surface area contributed by atoms with Gasteiger partial charge in [0.05, 0.1) is 24.8 Å². The van der Waals surface area contributed by atoms with E-state index in [9.17, 15) is 64.7 Å². The van der Waals surface area contributed by atoms with Crippen molar-refractivity contribution in [3.63, 3.8) is 0 Å². The van der Waals surface area contributed by atoms with Gasteiger partial charge in [-0.05, 0) is 139 Å². The zero-order valence-electron chi connectivity index (χ0n) is 73.0. The molecule has 0 bridgehead atoms. The number of benzene rings is 8. The minimum absolute atomic E-state index is 0.0186. The number of anilines is 4. The maximum absolute atomic E-state index is 12.3. The predicted octanol–water partition coefficient (Wildman–Crippen LogP) is 12.9. The molecule has 0 spiro atoms. The standard InChI is InChI=1S/C13H16N4O.C12H14N4O2.3C11H12N4O.C10H7F3N4O2.C10H7F3N4O.C9H6Cl2N4O/c1-13(2,3)9-4-6-10(7-5-9)16-12(18)11-14-8-15-17-11;1-18-10-4-2-9(3-5-10)6-7-13-12(17)11-14-8-15-16-11;2*1-8(9-5-3-2-4-6-9)14-11(16)10-12-7-13-15-10;16-11(10-13-8-14-15-10)12-7-6-9-4-2-1-3-5-9;11-10(12,13)19-7-3-1-2-6(4-7)16-9(18)8-14-5-15-17-8;11-10(12,13)6-1-3-7(4-2-6)16-9(18)8-14-5-15-17-8;10-5-1-6(11)3-7(2-5)14-9(16)8-12-4-13-15-8/h4-8H,1-3H3,(H,16,18)(H,14,15,17);2-5,8H,6-7H2,1H3,(H,13,17)(H,14,15,16);2*2-8H,1H3,(H,14,16)(H,12,13,15);1-5,8H,6-7H2,(H,12,16)(H,13,14,15);1-5H,(H,16,18)(H,14,15,17);1-5H,(H,16,18)(H,14,15,17);1-4H,(H,14,16)(H,12,13,15)/t;;2*8-;;;;/m..10..../s1. The molecular weight excluding hydrogens is 1840 g/mol. The van der Waals surface area contributed by atoms with Crippen molar-refractivity contribution in [3.05, 3.63) is 347 Å². The molecule has 0 radical (unpaired) electrons. The summed E-state index contributed by atoms with van der Waals surface area (Å²) in [6, 6.07) is 58.6. The predicted molar refractivity (Wildman–Crippen MR) is 485 cm³/mol. The molecule has 0 aliphatic rings. The van der Waals surface area contributed by atoms with Crippen LogP contribution in [0.3, 0.4) is 0 Å². The zero-order chi connectivity index (χ0) is 98.5. The van der Waals surface area contributed by atoms with Gasteiger partial charge in [-0.25, -0.2) is 39.9 Å². The minimum Gasteiger partial charge on any atom is -0.497 e. The van der Waals surface area contributed by atoms with Gasteiger partial charge in [0.2, 0.25) is 46.6 Å². The fourth-order valence-electron chi connectivity index (χ4n) is 10.9. The molecule has 0 saturated carbocycles. The SMILES string of the molecule is CC(C)(C)c1ccc(NC(=O)c2ncn[nH]2)cc1.COc1ccc(CCNC(=O)c2ncn[nH]2)cc1.C[C@@H](NC(=O)c1ncn[nH]1)c1ccccc1.C[C@H](NC(=O)c1ncn[nH]1)c1ccccc1.O=C(NCCc1ccccc1)c1ncn[nH]1.O=C(Nc1cc(Cl)cc(Cl)c1)c1ncn[nH]1.O=C(Nc1ccc(C(F)(F)F)cc1)c1ncn[nH]1.O=C(Nc1cccc(OC(F)(F)F)c1)c1ncn[nH]1. The summed E-state index contributed by atoms with van der Waals surface area (Å²) in [5.74, 6) is -1.32. The minimum atomic E-state index is -4.78. The Morgan fingerprint density at radius 2 is 0.650 bits per heavy atom. The number of nitrogens with one attached hydrogen (secondary N) is 16. The Morgan fingerprint density at radius 1 is 0.336 bits per heavy atom. The molecule has 0 aliphatic heterocycles. The van der Waals surface area contributed by atoms with Crippen LogP contribution in [0.4, 0.5) is 49.1 Å². The molecular formula is C87H86Cl2F6N32O10. The molecule has 16 rings (SSSR count). The van der Waals surface area contributed by atoms with Gasteiger partial charge in [-0.2, -0.15) is 54.0 Å². The van der Waals surface area contributed by atoms with Gasteiger partial charge in [0.25, 0.3) is 47.3 Å². The van der Waals surface area contributed by atoms with Crippen molar-refractivity contribution in [3.8, 4) is 11.5 Å². The lowest BCUT2D eigenvalue weighted by atomic mass is 9.87. The smallest absolute Gasteiger partial charge is 0.497 e. The summed E-state index contributed by atoms with van der Waals surface area (Å²) >= 11 is 11.6. The number of methoxy groups -OCH3 is 1. The van der Waals surface area contributed by atoms with Gasteiger partial charge in [0.1, 0.15) is 62.1 Å². The second-order valence-corrected chi connectivity index (χ2v) is 29.6. The van der Waals surface area contributed by atoms with Gasteiger partial charge < -0.3 is 52.0 Å². The van der Waals surface area contributed by atoms with Crippen molar-refractivity contribution in [2.45, 2.75) is 77.5 Å². The molecule has 42 nitrogen and oxygen atoms in total. The fraction of sp³-hybridized carbons (Fsp3) is 0.172. The maximum atomic E-state index is 12.3. The Hall–Kier alpha value is -17.6. The van der Waals surface area contributed by atoms with Crippen LogP contribution >= 0.6 is 23.2 Å². The van der Waals surface area contributed by atoms with E-state index in [2.05, 4.69) is 189 Å². The van der Waals surface area contributed by atoms with E-state index < -0.39 is 41.6 Å².